The number of hydrogen-bond donors (Lipinski definition) is 1. The van der Waals surface area contributed by atoms with Crippen LogP contribution in [0.25, 0.3) is 5.69 Å². The molecule has 2 aromatic heterocycles. The molecule has 1 aromatic carbocycles. The first-order valence-corrected chi connectivity index (χ1v) is 8.93. The van der Waals surface area contributed by atoms with Crippen LogP contribution in [-0.2, 0) is 14.1 Å². The highest BCUT2D eigenvalue weighted by molar-refractivity contribution is 7.99. The molecule has 27 heavy (non-hydrogen) atoms. The summed E-state index contributed by atoms with van der Waals surface area (Å²) in [6.45, 7) is 0. The maximum atomic E-state index is 12.6. The molecule has 0 bridgehead atoms. The maximum absolute atomic E-state index is 12.6. The number of rotatable bonds is 5. The number of aromatic nitrogens is 6. The van der Waals surface area contributed by atoms with Gasteiger partial charge in [0.2, 0.25) is 5.16 Å². The molecule has 0 aliphatic carbocycles. The van der Waals surface area contributed by atoms with E-state index in [-0.39, 0.29) is 17.1 Å². The minimum absolute atomic E-state index is 0.140. The minimum Gasteiger partial charge on any atom is -0.384 e. The summed E-state index contributed by atoms with van der Waals surface area (Å²) in [5.41, 5.74) is 4.84. The van der Waals surface area contributed by atoms with Crippen molar-refractivity contribution in [1.29, 1.82) is 0 Å². The summed E-state index contributed by atoms with van der Waals surface area (Å²) in [4.78, 5) is 36.7. The number of hydrogen-bond acceptors (Lipinski definition) is 8. The van der Waals surface area contributed by atoms with Crippen molar-refractivity contribution >= 4 is 35.0 Å². The molecule has 0 fully saturated rings. The van der Waals surface area contributed by atoms with Crippen molar-refractivity contribution in [3.63, 3.8) is 0 Å². The van der Waals surface area contributed by atoms with Crippen LogP contribution in [0.3, 0.4) is 0 Å². The Labute approximate surface area is 161 Å². The van der Waals surface area contributed by atoms with Crippen molar-refractivity contribution in [2.75, 3.05) is 11.5 Å². The fraction of sp³-hybridized carbons (Fsp3) is 0.200. The Bertz CT molecular complexity index is 1150. The van der Waals surface area contributed by atoms with Crippen molar-refractivity contribution in [1.82, 2.24) is 29.3 Å². The molecule has 0 saturated carbocycles. The van der Waals surface area contributed by atoms with E-state index in [0.717, 1.165) is 20.9 Å². The van der Waals surface area contributed by atoms with Gasteiger partial charge in [0.25, 0.3) is 5.56 Å². The van der Waals surface area contributed by atoms with Crippen molar-refractivity contribution in [3.05, 3.63) is 55.7 Å². The van der Waals surface area contributed by atoms with Crippen molar-refractivity contribution < 1.29 is 4.79 Å². The standard InChI is InChI=1S/C15H14ClN7O3S/c1-21-12(17)11(13(25)22(2)15(21)26)10(24)7-27-14-18-19-20-23(14)9-5-3-4-8(16)6-9/h3-6H,7,17H2,1-2H3. The fourth-order valence-corrected chi connectivity index (χ4v) is 3.31. The highest BCUT2D eigenvalue weighted by atomic mass is 35.5. The predicted molar refractivity (Wildman–Crippen MR) is 101 cm³/mol. The number of tetrazole rings is 1. The van der Waals surface area contributed by atoms with E-state index >= 15 is 0 Å². The Balaban J connectivity index is 1.88. The van der Waals surface area contributed by atoms with Gasteiger partial charge in [-0.2, -0.15) is 4.68 Å². The molecule has 3 aromatic rings. The lowest BCUT2D eigenvalue weighted by Crippen LogP contribution is -2.41. The average Bonchev–Trinajstić information content (AvgIpc) is 3.12. The number of anilines is 1. The molecule has 140 valence electrons. The van der Waals surface area contributed by atoms with Gasteiger partial charge in [0.15, 0.2) is 5.78 Å². The van der Waals surface area contributed by atoms with E-state index in [4.69, 9.17) is 17.3 Å². The van der Waals surface area contributed by atoms with E-state index in [9.17, 15) is 14.4 Å². The largest absolute Gasteiger partial charge is 0.384 e. The van der Waals surface area contributed by atoms with Gasteiger partial charge >= 0.3 is 5.69 Å². The molecule has 0 spiro atoms. The van der Waals surface area contributed by atoms with Crippen LogP contribution in [-0.4, -0.2) is 40.9 Å². The Hall–Kier alpha value is -2.92. The number of nitrogen functional groups attached to an aromatic ring is 1. The Morgan fingerprint density at radius 1 is 1.26 bits per heavy atom. The normalized spacial score (nSPS) is 10.9. The summed E-state index contributed by atoms with van der Waals surface area (Å²) in [5, 5.41) is 12.2. The van der Waals surface area contributed by atoms with E-state index in [0.29, 0.717) is 15.9 Å². The van der Waals surface area contributed by atoms with E-state index in [2.05, 4.69) is 15.5 Å². The molecule has 3 rings (SSSR count). The molecule has 0 aliphatic heterocycles. The predicted octanol–water partition coefficient (Wildman–Crippen LogP) is 0.270. The van der Waals surface area contributed by atoms with Crippen molar-refractivity contribution in [2.24, 2.45) is 14.1 Å². The summed E-state index contributed by atoms with van der Waals surface area (Å²) < 4.78 is 3.31. The number of ketones is 1. The van der Waals surface area contributed by atoms with Gasteiger partial charge in [-0.3, -0.25) is 18.7 Å². The second kappa shape index (κ2) is 7.37. The number of Topliss-reactive ketones (excluding diaryl/α,β-unsaturated/α-hetero) is 1. The number of halogens is 1. The third-order valence-electron chi connectivity index (χ3n) is 3.81. The van der Waals surface area contributed by atoms with Gasteiger partial charge in [-0.05, 0) is 28.6 Å². The number of benzene rings is 1. The molecule has 10 nitrogen and oxygen atoms in total. The van der Waals surface area contributed by atoms with Crippen LogP contribution in [0.1, 0.15) is 10.4 Å². The molecule has 12 heteroatoms. The maximum Gasteiger partial charge on any atom is 0.332 e. The average molecular weight is 408 g/mol. The quantitative estimate of drug-likeness (QED) is 0.471. The van der Waals surface area contributed by atoms with Crippen molar-refractivity contribution in [2.45, 2.75) is 5.16 Å². The minimum atomic E-state index is -0.740. The summed E-state index contributed by atoms with van der Waals surface area (Å²) in [5.74, 6) is -0.851. The monoisotopic (exact) mass is 407 g/mol. The zero-order chi connectivity index (χ0) is 19.7. The van der Waals surface area contributed by atoms with Gasteiger partial charge in [-0.25, -0.2) is 4.79 Å². The summed E-state index contributed by atoms with van der Waals surface area (Å²) in [7, 11) is 2.68. The zero-order valence-electron chi connectivity index (χ0n) is 14.3. The van der Waals surface area contributed by atoms with E-state index < -0.39 is 17.0 Å². The summed E-state index contributed by atoms with van der Waals surface area (Å²) >= 11 is 7.01. The molecular formula is C15H14ClN7O3S. The van der Waals surface area contributed by atoms with Crippen LogP contribution in [0, 0.1) is 0 Å². The lowest BCUT2D eigenvalue weighted by atomic mass is 10.2. The van der Waals surface area contributed by atoms with Crippen LogP contribution < -0.4 is 17.0 Å². The van der Waals surface area contributed by atoms with Crippen LogP contribution in [0.2, 0.25) is 5.02 Å². The number of nitrogens with two attached hydrogens (primary N) is 1. The smallest absolute Gasteiger partial charge is 0.332 e. The first kappa shape index (κ1) is 18.9. The number of carbonyl (C=O) groups is 1. The van der Waals surface area contributed by atoms with Gasteiger partial charge in [-0.1, -0.05) is 29.4 Å². The van der Waals surface area contributed by atoms with Crippen LogP contribution in [0.15, 0.2) is 39.0 Å². The summed E-state index contributed by atoms with van der Waals surface area (Å²) in [6.07, 6.45) is 0. The van der Waals surface area contributed by atoms with Gasteiger partial charge in [0.1, 0.15) is 11.4 Å². The third kappa shape index (κ3) is 3.51. The van der Waals surface area contributed by atoms with Crippen LogP contribution in [0.5, 0.6) is 0 Å². The van der Waals surface area contributed by atoms with E-state index in [1.165, 1.54) is 18.8 Å². The molecule has 2 heterocycles. The van der Waals surface area contributed by atoms with Gasteiger partial charge < -0.3 is 5.73 Å². The molecule has 0 aliphatic rings. The summed E-state index contributed by atoms with van der Waals surface area (Å²) in [6, 6.07) is 6.89. The SMILES string of the molecule is Cn1c(N)c(C(=O)CSc2nnnn2-c2cccc(Cl)c2)c(=O)n(C)c1=O. The second-order valence-electron chi connectivity index (χ2n) is 5.53. The molecule has 2 N–H and O–H groups in total. The fourth-order valence-electron chi connectivity index (χ4n) is 2.36. The lowest BCUT2D eigenvalue weighted by Gasteiger charge is -2.10. The van der Waals surface area contributed by atoms with Crippen molar-refractivity contribution in [3.8, 4) is 5.69 Å². The molecule has 0 unspecified atom stereocenters. The topological polar surface area (TPSA) is 131 Å². The second-order valence-corrected chi connectivity index (χ2v) is 6.91. The van der Waals surface area contributed by atoms with Gasteiger partial charge in [-0.15, -0.1) is 5.10 Å². The zero-order valence-corrected chi connectivity index (χ0v) is 15.9. The Morgan fingerprint density at radius 3 is 2.70 bits per heavy atom. The van der Waals surface area contributed by atoms with E-state index in [1.54, 1.807) is 24.3 Å². The van der Waals surface area contributed by atoms with Crippen LogP contribution >= 0.6 is 23.4 Å². The Morgan fingerprint density at radius 2 is 2.00 bits per heavy atom. The molecular weight excluding hydrogens is 394 g/mol. The highest BCUT2D eigenvalue weighted by Crippen LogP contribution is 2.21. The number of thioether (sulfide) groups is 1. The highest BCUT2D eigenvalue weighted by Gasteiger charge is 2.21. The lowest BCUT2D eigenvalue weighted by molar-refractivity contribution is 0.102. The first-order valence-electron chi connectivity index (χ1n) is 7.57. The molecule has 0 amide bonds. The van der Waals surface area contributed by atoms with Gasteiger partial charge in [0, 0.05) is 19.1 Å². The molecule has 0 radical (unpaired) electrons. The van der Waals surface area contributed by atoms with Gasteiger partial charge in [0.05, 0.1) is 11.4 Å². The number of carbonyl (C=O) groups excluding carboxylic acids is 1. The first-order chi connectivity index (χ1) is 12.8. The third-order valence-corrected chi connectivity index (χ3v) is 4.97. The van der Waals surface area contributed by atoms with E-state index in [1.807, 2.05) is 0 Å². The Kier molecular flexibility index (Phi) is 5.15. The number of nitrogens with zero attached hydrogens (tertiary/aromatic N) is 6. The molecule has 0 atom stereocenters. The molecule has 0 saturated heterocycles. The van der Waals surface area contributed by atoms with Crippen LogP contribution in [0.4, 0.5) is 5.82 Å².